The Bertz CT molecular complexity index is 355. The highest BCUT2D eigenvalue weighted by Gasteiger charge is 2.05. The van der Waals surface area contributed by atoms with E-state index >= 15 is 0 Å². The van der Waals surface area contributed by atoms with Gasteiger partial charge in [-0.1, -0.05) is 0 Å². The molecule has 0 aliphatic rings. The average molecular weight is 227 g/mol. The minimum absolute atomic E-state index is 0.000220. The van der Waals surface area contributed by atoms with Crippen LogP contribution in [0.2, 0.25) is 0 Å². The molecule has 3 N–H and O–H groups in total. The molecule has 5 heteroatoms. The Morgan fingerprint density at radius 1 is 1.60 bits per heavy atom. The standard InChI is InChI=1S/C10H13NO3S/c1-2-14-7-3-4-8(11)9(5-7)15-6-10(12)13/h3-5H,2,6,11H2,1H3,(H,12,13). The van der Waals surface area contributed by atoms with Crippen molar-refractivity contribution in [3.05, 3.63) is 18.2 Å². The highest BCUT2D eigenvalue weighted by atomic mass is 32.2. The molecule has 0 spiro atoms. The van der Waals surface area contributed by atoms with Crippen molar-refractivity contribution in [1.82, 2.24) is 0 Å². The van der Waals surface area contributed by atoms with Gasteiger partial charge in [-0.05, 0) is 25.1 Å². The van der Waals surface area contributed by atoms with Gasteiger partial charge in [-0.25, -0.2) is 0 Å². The number of benzene rings is 1. The summed E-state index contributed by atoms with van der Waals surface area (Å²) in [5.41, 5.74) is 6.28. The van der Waals surface area contributed by atoms with Gasteiger partial charge in [0, 0.05) is 10.6 Å². The summed E-state index contributed by atoms with van der Waals surface area (Å²) in [6.45, 7) is 2.47. The van der Waals surface area contributed by atoms with E-state index in [9.17, 15) is 4.79 Å². The van der Waals surface area contributed by atoms with E-state index in [0.717, 1.165) is 4.90 Å². The molecule has 0 bridgehead atoms. The third kappa shape index (κ3) is 3.71. The summed E-state index contributed by atoms with van der Waals surface area (Å²) >= 11 is 1.19. The van der Waals surface area contributed by atoms with E-state index in [1.54, 1.807) is 18.2 Å². The third-order valence-corrected chi connectivity index (χ3v) is 2.70. The van der Waals surface area contributed by atoms with Crippen molar-refractivity contribution in [3.63, 3.8) is 0 Å². The van der Waals surface area contributed by atoms with E-state index in [1.807, 2.05) is 6.92 Å². The first-order chi connectivity index (χ1) is 7.13. The van der Waals surface area contributed by atoms with Crippen molar-refractivity contribution >= 4 is 23.4 Å². The minimum atomic E-state index is -0.860. The fourth-order valence-corrected chi connectivity index (χ4v) is 1.75. The SMILES string of the molecule is CCOc1ccc(N)c(SCC(=O)O)c1. The molecule has 15 heavy (non-hydrogen) atoms. The van der Waals surface area contributed by atoms with Crippen molar-refractivity contribution in [2.24, 2.45) is 0 Å². The van der Waals surface area contributed by atoms with Crippen LogP contribution in [0.5, 0.6) is 5.75 Å². The van der Waals surface area contributed by atoms with Crippen LogP contribution in [0.25, 0.3) is 0 Å². The van der Waals surface area contributed by atoms with E-state index < -0.39 is 5.97 Å². The molecule has 0 fully saturated rings. The Morgan fingerprint density at radius 2 is 2.33 bits per heavy atom. The first kappa shape index (κ1) is 11.7. The number of carbonyl (C=O) groups is 1. The highest BCUT2D eigenvalue weighted by Crippen LogP contribution is 2.28. The summed E-state index contributed by atoms with van der Waals surface area (Å²) in [7, 11) is 0. The number of anilines is 1. The van der Waals surface area contributed by atoms with Crippen LogP contribution in [0.1, 0.15) is 6.92 Å². The van der Waals surface area contributed by atoms with Crippen molar-refractivity contribution < 1.29 is 14.6 Å². The predicted molar refractivity (Wildman–Crippen MR) is 60.4 cm³/mol. The summed E-state index contributed by atoms with van der Waals surface area (Å²) in [6.07, 6.45) is 0. The number of thioether (sulfide) groups is 1. The molecule has 82 valence electrons. The fourth-order valence-electron chi connectivity index (χ4n) is 1.04. The number of nitrogens with two attached hydrogens (primary N) is 1. The van der Waals surface area contributed by atoms with Gasteiger partial charge in [-0.3, -0.25) is 4.79 Å². The second-order valence-corrected chi connectivity index (χ2v) is 3.83. The molecule has 1 aromatic carbocycles. The molecule has 0 amide bonds. The summed E-state index contributed by atoms with van der Waals surface area (Å²) in [5, 5.41) is 8.55. The van der Waals surface area contributed by atoms with Gasteiger partial charge in [0.2, 0.25) is 0 Å². The lowest BCUT2D eigenvalue weighted by Gasteiger charge is -2.07. The Morgan fingerprint density at radius 3 is 2.93 bits per heavy atom. The minimum Gasteiger partial charge on any atom is -0.494 e. The molecule has 0 heterocycles. The van der Waals surface area contributed by atoms with Crippen molar-refractivity contribution in [2.75, 3.05) is 18.1 Å². The molecule has 0 aromatic heterocycles. The van der Waals surface area contributed by atoms with Gasteiger partial charge < -0.3 is 15.6 Å². The summed E-state index contributed by atoms with van der Waals surface area (Å²) in [6, 6.07) is 5.24. The zero-order valence-electron chi connectivity index (χ0n) is 8.40. The van der Waals surface area contributed by atoms with Crippen molar-refractivity contribution in [2.45, 2.75) is 11.8 Å². The molecular formula is C10H13NO3S. The van der Waals surface area contributed by atoms with E-state index in [1.165, 1.54) is 11.8 Å². The van der Waals surface area contributed by atoms with Gasteiger partial charge in [-0.15, -0.1) is 11.8 Å². The molecule has 0 atom stereocenters. The topological polar surface area (TPSA) is 72.5 Å². The second kappa shape index (κ2) is 5.50. The van der Waals surface area contributed by atoms with Crippen LogP contribution in [-0.4, -0.2) is 23.4 Å². The van der Waals surface area contributed by atoms with Gasteiger partial charge in [-0.2, -0.15) is 0 Å². The Hall–Kier alpha value is -1.36. The molecule has 0 radical (unpaired) electrons. The molecular weight excluding hydrogens is 214 g/mol. The van der Waals surface area contributed by atoms with Crippen LogP contribution < -0.4 is 10.5 Å². The van der Waals surface area contributed by atoms with E-state index in [2.05, 4.69) is 0 Å². The molecule has 0 aliphatic heterocycles. The van der Waals surface area contributed by atoms with Crippen LogP contribution in [0, 0.1) is 0 Å². The van der Waals surface area contributed by atoms with Crippen LogP contribution in [0.4, 0.5) is 5.69 Å². The smallest absolute Gasteiger partial charge is 0.313 e. The Balaban J connectivity index is 2.75. The second-order valence-electron chi connectivity index (χ2n) is 2.82. The summed E-state index contributed by atoms with van der Waals surface area (Å²) in [4.78, 5) is 11.1. The maximum Gasteiger partial charge on any atom is 0.313 e. The summed E-state index contributed by atoms with van der Waals surface area (Å²) in [5.74, 6) is -0.152. The van der Waals surface area contributed by atoms with Gasteiger partial charge >= 0.3 is 5.97 Å². The van der Waals surface area contributed by atoms with Crippen molar-refractivity contribution in [1.29, 1.82) is 0 Å². The first-order valence-electron chi connectivity index (χ1n) is 4.50. The zero-order valence-corrected chi connectivity index (χ0v) is 9.21. The Labute approximate surface area is 92.4 Å². The van der Waals surface area contributed by atoms with Crippen molar-refractivity contribution in [3.8, 4) is 5.75 Å². The van der Waals surface area contributed by atoms with Gasteiger partial charge in [0.05, 0.1) is 12.4 Å². The molecule has 0 unspecified atom stereocenters. The summed E-state index contributed by atoms with van der Waals surface area (Å²) < 4.78 is 5.29. The molecule has 0 aliphatic carbocycles. The van der Waals surface area contributed by atoms with E-state index in [4.69, 9.17) is 15.6 Å². The predicted octanol–water partition coefficient (Wildman–Crippen LogP) is 1.84. The lowest BCUT2D eigenvalue weighted by Crippen LogP contribution is -1.99. The molecule has 0 saturated heterocycles. The number of aliphatic carboxylic acids is 1. The van der Waals surface area contributed by atoms with E-state index in [0.29, 0.717) is 18.0 Å². The lowest BCUT2D eigenvalue weighted by atomic mass is 10.3. The number of ether oxygens (including phenoxy) is 1. The van der Waals surface area contributed by atoms with Gasteiger partial charge in [0.1, 0.15) is 5.75 Å². The number of nitrogen functional groups attached to an aromatic ring is 1. The van der Waals surface area contributed by atoms with Crippen LogP contribution in [0.15, 0.2) is 23.1 Å². The molecule has 4 nitrogen and oxygen atoms in total. The fraction of sp³-hybridized carbons (Fsp3) is 0.300. The third-order valence-electron chi connectivity index (χ3n) is 1.65. The van der Waals surface area contributed by atoms with Crippen LogP contribution in [0.3, 0.4) is 0 Å². The number of carboxylic acids is 1. The monoisotopic (exact) mass is 227 g/mol. The van der Waals surface area contributed by atoms with Gasteiger partial charge in [0.25, 0.3) is 0 Å². The number of rotatable bonds is 5. The zero-order chi connectivity index (χ0) is 11.3. The molecule has 1 rings (SSSR count). The maximum atomic E-state index is 10.4. The molecule has 1 aromatic rings. The van der Waals surface area contributed by atoms with Gasteiger partial charge in [0.15, 0.2) is 0 Å². The maximum absolute atomic E-state index is 10.4. The lowest BCUT2D eigenvalue weighted by molar-refractivity contribution is -0.133. The highest BCUT2D eigenvalue weighted by molar-refractivity contribution is 8.00. The normalized spacial score (nSPS) is 9.93. The first-order valence-corrected chi connectivity index (χ1v) is 5.49. The molecule has 0 saturated carbocycles. The number of hydrogen-bond acceptors (Lipinski definition) is 4. The largest absolute Gasteiger partial charge is 0.494 e. The van der Waals surface area contributed by atoms with Crippen LogP contribution in [-0.2, 0) is 4.79 Å². The quantitative estimate of drug-likeness (QED) is 0.593. The average Bonchev–Trinajstić information content (AvgIpc) is 2.19. The number of carboxylic acid groups (broad SMARTS) is 1. The van der Waals surface area contributed by atoms with E-state index in [-0.39, 0.29) is 5.75 Å². The Kier molecular flexibility index (Phi) is 4.30. The van der Waals surface area contributed by atoms with Crippen LogP contribution >= 0.6 is 11.8 Å². The number of hydrogen-bond donors (Lipinski definition) is 2.